The molecule has 0 radical (unpaired) electrons. The molecule has 1 heterocycles. The topological polar surface area (TPSA) is 132 Å². The van der Waals surface area contributed by atoms with Crippen molar-refractivity contribution in [2.75, 3.05) is 5.43 Å². The molecule has 0 spiro atoms. The minimum atomic E-state index is -0.560. The summed E-state index contributed by atoms with van der Waals surface area (Å²) in [6.07, 6.45) is 1.23. The predicted molar refractivity (Wildman–Crippen MR) is 69.8 cm³/mol. The molecule has 0 atom stereocenters. The molecular formula is C9H8N6O3S. The van der Waals surface area contributed by atoms with Gasteiger partial charge in [-0.25, -0.2) is 5.43 Å². The number of aromatic nitrogens is 3. The lowest BCUT2D eigenvalue weighted by atomic mass is 10.2. The zero-order valence-corrected chi connectivity index (χ0v) is 10.1. The van der Waals surface area contributed by atoms with Crippen molar-refractivity contribution >= 4 is 30.1 Å². The van der Waals surface area contributed by atoms with Crippen LogP contribution in [0.4, 0.5) is 11.6 Å². The van der Waals surface area contributed by atoms with Crippen LogP contribution in [0.25, 0.3) is 0 Å². The minimum absolute atomic E-state index is 0.119. The first-order chi connectivity index (χ1) is 9.06. The van der Waals surface area contributed by atoms with Crippen molar-refractivity contribution in [1.82, 2.24) is 15.2 Å². The molecule has 1 aromatic carbocycles. The van der Waals surface area contributed by atoms with E-state index in [1.807, 2.05) is 0 Å². The first kappa shape index (κ1) is 12.7. The van der Waals surface area contributed by atoms with Crippen LogP contribution in [0.5, 0.6) is 5.75 Å². The third-order valence-corrected chi connectivity index (χ3v) is 2.29. The number of nitro benzene ring substituents is 1. The Bertz CT molecular complexity index is 691. The lowest BCUT2D eigenvalue weighted by molar-refractivity contribution is -0.384. The second-order valence-corrected chi connectivity index (χ2v) is 3.77. The molecule has 4 N–H and O–H groups in total. The van der Waals surface area contributed by atoms with Gasteiger partial charge in [-0.2, -0.15) is 10.1 Å². The third kappa shape index (κ3) is 3.13. The summed E-state index contributed by atoms with van der Waals surface area (Å²) in [4.78, 5) is 13.9. The first-order valence-electron chi connectivity index (χ1n) is 4.97. The number of aromatic amines is 2. The number of hydrogen-bond donors (Lipinski definition) is 4. The van der Waals surface area contributed by atoms with Crippen molar-refractivity contribution in [3.8, 4) is 5.75 Å². The standard InChI is InChI=1S/C9H8N6O3S/c16-7-2-1-6(15(17)18)3-5(7)4-10-12-8-11-9(19)14-13-8/h1-4,16H,(H3,11,12,13,14,19). The fourth-order valence-electron chi connectivity index (χ4n) is 1.24. The summed E-state index contributed by atoms with van der Waals surface area (Å²) in [6.45, 7) is 0. The Balaban J connectivity index is 2.16. The Kier molecular flexibility index (Phi) is 3.52. The molecule has 1 aromatic heterocycles. The summed E-state index contributed by atoms with van der Waals surface area (Å²) in [6, 6.07) is 3.62. The molecule has 0 fully saturated rings. The van der Waals surface area contributed by atoms with Gasteiger partial charge in [0.15, 0.2) is 0 Å². The highest BCUT2D eigenvalue weighted by Crippen LogP contribution is 2.21. The molecule has 0 aliphatic heterocycles. The molecule has 10 heteroatoms. The summed E-state index contributed by atoms with van der Waals surface area (Å²) in [5.74, 6) is 0.164. The van der Waals surface area contributed by atoms with E-state index >= 15 is 0 Å². The van der Waals surface area contributed by atoms with Crippen LogP contribution < -0.4 is 5.43 Å². The van der Waals surface area contributed by atoms with Gasteiger partial charge in [-0.1, -0.05) is 0 Å². The number of H-pyrrole nitrogens is 2. The fourth-order valence-corrected chi connectivity index (χ4v) is 1.39. The molecule has 0 bridgehead atoms. The maximum atomic E-state index is 10.6. The van der Waals surface area contributed by atoms with E-state index < -0.39 is 4.92 Å². The molecule has 0 amide bonds. The Morgan fingerprint density at radius 1 is 1.53 bits per heavy atom. The van der Waals surface area contributed by atoms with Crippen LogP contribution in [-0.4, -0.2) is 31.4 Å². The fraction of sp³-hybridized carbons (Fsp3) is 0. The summed E-state index contributed by atoms with van der Waals surface area (Å²) in [5, 5.41) is 29.1. The van der Waals surface area contributed by atoms with Gasteiger partial charge in [-0.05, 0) is 18.3 Å². The van der Waals surface area contributed by atoms with Crippen molar-refractivity contribution in [3.05, 3.63) is 38.6 Å². The summed E-state index contributed by atoms with van der Waals surface area (Å²) < 4.78 is 0.260. The van der Waals surface area contributed by atoms with Gasteiger partial charge in [0.1, 0.15) is 5.75 Å². The molecule has 0 saturated carbocycles. The van der Waals surface area contributed by atoms with E-state index in [2.05, 4.69) is 25.7 Å². The molecule has 0 aliphatic carbocycles. The van der Waals surface area contributed by atoms with Crippen LogP contribution in [-0.2, 0) is 0 Å². The second-order valence-electron chi connectivity index (χ2n) is 3.39. The molecule has 0 saturated heterocycles. The van der Waals surface area contributed by atoms with Gasteiger partial charge < -0.3 is 5.11 Å². The van der Waals surface area contributed by atoms with E-state index in [4.69, 9.17) is 12.2 Å². The van der Waals surface area contributed by atoms with E-state index in [0.717, 1.165) is 0 Å². The van der Waals surface area contributed by atoms with Gasteiger partial charge in [0.05, 0.1) is 11.1 Å². The quantitative estimate of drug-likeness (QED) is 0.290. The van der Waals surface area contributed by atoms with Crippen molar-refractivity contribution in [3.63, 3.8) is 0 Å². The van der Waals surface area contributed by atoms with Gasteiger partial charge in [-0.15, -0.1) is 0 Å². The van der Waals surface area contributed by atoms with Crippen LogP contribution in [0.2, 0.25) is 0 Å². The van der Waals surface area contributed by atoms with Crippen LogP contribution in [0, 0.1) is 14.9 Å². The summed E-state index contributed by atoms with van der Waals surface area (Å²) in [7, 11) is 0. The molecule has 9 nitrogen and oxygen atoms in total. The molecule has 2 rings (SSSR count). The number of benzene rings is 1. The lowest BCUT2D eigenvalue weighted by Crippen LogP contribution is -1.94. The van der Waals surface area contributed by atoms with Crippen molar-refractivity contribution < 1.29 is 10.0 Å². The molecule has 0 aliphatic rings. The Morgan fingerprint density at radius 3 is 2.95 bits per heavy atom. The Hall–Kier alpha value is -2.75. The summed E-state index contributed by atoms with van der Waals surface area (Å²) >= 11 is 4.74. The van der Waals surface area contributed by atoms with Crippen molar-refractivity contribution in [1.29, 1.82) is 0 Å². The van der Waals surface area contributed by atoms with E-state index in [1.165, 1.54) is 24.4 Å². The maximum absolute atomic E-state index is 10.6. The van der Waals surface area contributed by atoms with Crippen molar-refractivity contribution in [2.45, 2.75) is 0 Å². The van der Waals surface area contributed by atoms with Gasteiger partial charge in [0.2, 0.25) is 10.7 Å². The minimum Gasteiger partial charge on any atom is -0.507 e. The number of non-ortho nitro benzene ring substituents is 1. The number of hydrogen-bond acceptors (Lipinski definition) is 7. The number of phenolic OH excluding ortho intramolecular Hbond substituents is 1. The molecule has 2 aromatic rings. The molecule has 19 heavy (non-hydrogen) atoms. The molecular weight excluding hydrogens is 272 g/mol. The van der Waals surface area contributed by atoms with Crippen LogP contribution in [0.15, 0.2) is 23.3 Å². The third-order valence-electron chi connectivity index (χ3n) is 2.10. The first-order valence-corrected chi connectivity index (χ1v) is 5.38. The van der Waals surface area contributed by atoms with E-state index in [1.54, 1.807) is 0 Å². The summed E-state index contributed by atoms with van der Waals surface area (Å²) in [5.41, 5.74) is 2.58. The smallest absolute Gasteiger partial charge is 0.270 e. The monoisotopic (exact) mass is 280 g/mol. The highest BCUT2D eigenvalue weighted by Gasteiger charge is 2.08. The molecule has 98 valence electrons. The zero-order valence-electron chi connectivity index (χ0n) is 9.32. The highest BCUT2D eigenvalue weighted by molar-refractivity contribution is 7.71. The van der Waals surface area contributed by atoms with E-state index in [9.17, 15) is 15.2 Å². The van der Waals surface area contributed by atoms with Crippen LogP contribution in [0.1, 0.15) is 5.56 Å². The number of rotatable bonds is 4. The number of aromatic hydroxyl groups is 1. The average molecular weight is 280 g/mol. The van der Waals surface area contributed by atoms with Gasteiger partial charge in [0.25, 0.3) is 5.69 Å². The second kappa shape index (κ2) is 5.27. The molecule has 0 unspecified atom stereocenters. The number of phenols is 1. The highest BCUT2D eigenvalue weighted by atomic mass is 32.1. The zero-order chi connectivity index (χ0) is 13.8. The van der Waals surface area contributed by atoms with Crippen molar-refractivity contribution in [2.24, 2.45) is 5.10 Å². The van der Waals surface area contributed by atoms with Gasteiger partial charge in [0, 0.05) is 17.7 Å². The average Bonchev–Trinajstić information content (AvgIpc) is 2.77. The van der Waals surface area contributed by atoms with E-state index in [0.29, 0.717) is 0 Å². The number of nitrogens with one attached hydrogen (secondary N) is 3. The Morgan fingerprint density at radius 2 is 2.32 bits per heavy atom. The number of hydrazone groups is 1. The van der Waals surface area contributed by atoms with E-state index in [-0.39, 0.29) is 27.7 Å². The number of nitro groups is 1. The number of nitrogens with zero attached hydrogens (tertiary/aromatic N) is 3. The normalized spacial score (nSPS) is 10.7. The largest absolute Gasteiger partial charge is 0.507 e. The predicted octanol–water partition coefficient (Wildman–Crippen LogP) is 1.53. The lowest BCUT2D eigenvalue weighted by Gasteiger charge is -1.98. The van der Waals surface area contributed by atoms with Crippen LogP contribution in [0.3, 0.4) is 0 Å². The number of anilines is 1. The van der Waals surface area contributed by atoms with Crippen LogP contribution >= 0.6 is 12.2 Å². The van der Waals surface area contributed by atoms with Gasteiger partial charge >= 0.3 is 0 Å². The SMILES string of the molecule is O=[N+]([O-])c1ccc(O)c(C=NNc2nc(=S)[nH][nH]2)c1. The van der Waals surface area contributed by atoms with Gasteiger partial charge in [-0.3, -0.25) is 20.3 Å². The Labute approximate surface area is 111 Å². The maximum Gasteiger partial charge on any atom is 0.270 e.